The molecule has 140 valence electrons. The Balaban J connectivity index is 2.60. The lowest BCUT2D eigenvalue weighted by atomic mass is 9.92. The fraction of sp³-hybridized carbons (Fsp3) is 0.333. The van der Waals surface area contributed by atoms with E-state index in [1.54, 1.807) is 6.07 Å². The average molecular weight is 364 g/mol. The Bertz CT molecular complexity index is 840. The van der Waals surface area contributed by atoms with Gasteiger partial charge < -0.3 is 28.8 Å². The Kier molecular flexibility index (Phi) is 6.24. The molecule has 0 aliphatic heterocycles. The van der Waals surface area contributed by atoms with Crippen molar-refractivity contribution in [1.29, 1.82) is 0 Å². The third-order valence-corrected chi connectivity index (χ3v) is 3.81. The molecule has 2 aromatic rings. The minimum atomic E-state index is -0.858. The number of phenolic OH excluding ortho intramolecular Hbond substituents is 1. The molecule has 2 rings (SSSR count). The van der Waals surface area contributed by atoms with E-state index in [0.717, 1.165) is 6.07 Å². The van der Waals surface area contributed by atoms with E-state index in [2.05, 4.69) is 0 Å². The van der Waals surface area contributed by atoms with Crippen molar-refractivity contribution in [1.82, 2.24) is 0 Å². The van der Waals surface area contributed by atoms with Crippen molar-refractivity contribution in [3.05, 3.63) is 51.6 Å². The van der Waals surface area contributed by atoms with Crippen molar-refractivity contribution >= 4 is 5.97 Å². The molecule has 0 saturated carbocycles. The summed E-state index contributed by atoms with van der Waals surface area (Å²) in [5.74, 6) is -1.89. The van der Waals surface area contributed by atoms with Crippen LogP contribution in [0.25, 0.3) is 0 Å². The van der Waals surface area contributed by atoms with Gasteiger partial charge >= 0.3 is 5.97 Å². The number of hydrogen-bond acceptors (Lipinski definition) is 8. The molecule has 1 heterocycles. The maximum Gasteiger partial charge on any atom is 0.306 e. The molecule has 0 amide bonds. The quantitative estimate of drug-likeness (QED) is 0.716. The number of aromatic hydroxyl groups is 2. The van der Waals surface area contributed by atoms with E-state index in [1.807, 2.05) is 0 Å². The zero-order valence-electron chi connectivity index (χ0n) is 14.6. The summed E-state index contributed by atoms with van der Waals surface area (Å²) in [5, 5.41) is 20.2. The molecule has 0 saturated heterocycles. The molecule has 26 heavy (non-hydrogen) atoms. The number of carbonyl (C=O) groups excluding carboxylic acids is 1. The van der Waals surface area contributed by atoms with Crippen LogP contribution in [0.1, 0.15) is 29.4 Å². The van der Waals surface area contributed by atoms with E-state index in [1.165, 1.54) is 33.5 Å². The third-order valence-electron chi connectivity index (χ3n) is 3.81. The molecule has 1 atom stereocenters. The molecular weight excluding hydrogens is 344 g/mol. The SMILES string of the molecule is COCc1cc(=O)c(O)c([C@H](CC(=O)OC)c2ccc(OC)c(O)c2)o1. The molecule has 0 aliphatic carbocycles. The lowest BCUT2D eigenvalue weighted by molar-refractivity contribution is -0.140. The van der Waals surface area contributed by atoms with Crippen molar-refractivity contribution in [2.45, 2.75) is 18.9 Å². The minimum absolute atomic E-state index is 0.0152. The van der Waals surface area contributed by atoms with Crippen molar-refractivity contribution in [2.24, 2.45) is 0 Å². The summed E-state index contributed by atoms with van der Waals surface area (Å²) in [7, 11) is 4.06. The summed E-state index contributed by atoms with van der Waals surface area (Å²) in [6.07, 6.45) is -0.213. The Hall–Kier alpha value is -3.00. The Morgan fingerprint density at radius 3 is 2.50 bits per heavy atom. The van der Waals surface area contributed by atoms with E-state index in [4.69, 9.17) is 18.6 Å². The van der Waals surface area contributed by atoms with E-state index >= 15 is 0 Å². The van der Waals surface area contributed by atoms with Crippen LogP contribution < -0.4 is 10.2 Å². The van der Waals surface area contributed by atoms with E-state index in [-0.39, 0.29) is 36.0 Å². The smallest absolute Gasteiger partial charge is 0.306 e. The summed E-state index contributed by atoms with van der Waals surface area (Å²) in [6, 6.07) is 5.58. The van der Waals surface area contributed by atoms with Gasteiger partial charge in [0.15, 0.2) is 17.3 Å². The van der Waals surface area contributed by atoms with Crippen LogP contribution >= 0.6 is 0 Å². The van der Waals surface area contributed by atoms with Crippen molar-refractivity contribution in [3.8, 4) is 17.2 Å². The second-order valence-corrected chi connectivity index (χ2v) is 5.49. The first-order chi connectivity index (χ1) is 12.4. The van der Waals surface area contributed by atoms with Gasteiger partial charge in [-0.2, -0.15) is 0 Å². The van der Waals surface area contributed by atoms with E-state index in [9.17, 15) is 19.8 Å². The molecule has 0 spiro atoms. The number of carbonyl (C=O) groups is 1. The van der Waals surface area contributed by atoms with E-state index in [0.29, 0.717) is 5.56 Å². The Labute approximate surface area is 149 Å². The molecular formula is C18H20O8. The third kappa shape index (κ3) is 4.15. The summed E-state index contributed by atoms with van der Waals surface area (Å²) < 4.78 is 20.2. The predicted octanol–water partition coefficient (Wildman–Crippen LogP) is 1.90. The maximum atomic E-state index is 12.0. The summed E-state index contributed by atoms with van der Waals surface area (Å²) in [6.45, 7) is 0.0152. The topological polar surface area (TPSA) is 115 Å². The first kappa shape index (κ1) is 19.3. The van der Waals surface area contributed by atoms with Crippen molar-refractivity contribution in [2.75, 3.05) is 21.3 Å². The van der Waals surface area contributed by atoms with Gasteiger partial charge in [-0.3, -0.25) is 9.59 Å². The molecule has 0 aliphatic rings. The van der Waals surface area contributed by atoms with Crippen LogP contribution in [-0.4, -0.2) is 37.5 Å². The largest absolute Gasteiger partial charge is 0.504 e. The lowest BCUT2D eigenvalue weighted by Crippen LogP contribution is -2.14. The van der Waals surface area contributed by atoms with Gasteiger partial charge in [-0.25, -0.2) is 0 Å². The normalized spacial score (nSPS) is 11.8. The van der Waals surface area contributed by atoms with Crippen LogP contribution in [0.2, 0.25) is 0 Å². The van der Waals surface area contributed by atoms with Gasteiger partial charge in [-0.1, -0.05) is 6.07 Å². The molecule has 1 aromatic carbocycles. The first-order valence-corrected chi connectivity index (χ1v) is 7.69. The number of benzene rings is 1. The van der Waals surface area contributed by atoms with Crippen LogP contribution in [0.15, 0.2) is 33.5 Å². The zero-order chi connectivity index (χ0) is 19.3. The van der Waals surface area contributed by atoms with Crippen LogP contribution in [0.5, 0.6) is 17.2 Å². The minimum Gasteiger partial charge on any atom is -0.504 e. The maximum absolute atomic E-state index is 12.0. The van der Waals surface area contributed by atoms with Crippen LogP contribution in [-0.2, 0) is 20.9 Å². The van der Waals surface area contributed by atoms with Gasteiger partial charge in [-0.15, -0.1) is 0 Å². The number of esters is 1. The summed E-state index contributed by atoms with van der Waals surface area (Å²) >= 11 is 0. The highest BCUT2D eigenvalue weighted by molar-refractivity contribution is 5.71. The molecule has 0 radical (unpaired) electrons. The fourth-order valence-electron chi connectivity index (χ4n) is 2.54. The molecule has 8 heteroatoms. The van der Waals surface area contributed by atoms with Crippen LogP contribution in [0, 0.1) is 0 Å². The molecule has 0 fully saturated rings. The van der Waals surface area contributed by atoms with Gasteiger partial charge in [-0.05, 0) is 17.7 Å². The van der Waals surface area contributed by atoms with E-state index < -0.39 is 23.1 Å². The van der Waals surface area contributed by atoms with Crippen molar-refractivity contribution in [3.63, 3.8) is 0 Å². The van der Waals surface area contributed by atoms with Crippen LogP contribution in [0.3, 0.4) is 0 Å². The second-order valence-electron chi connectivity index (χ2n) is 5.49. The van der Waals surface area contributed by atoms with Crippen LogP contribution in [0.4, 0.5) is 0 Å². The van der Waals surface area contributed by atoms with Crippen molar-refractivity contribution < 1.29 is 33.6 Å². The molecule has 0 bridgehead atoms. The fourth-order valence-corrected chi connectivity index (χ4v) is 2.54. The Morgan fingerprint density at radius 2 is 1.92 bits per heavy atom. The monoisotopic (exact) mass is 364 g/mol. The number of rotatable bonds is 7. The Morgan fingerprint density at radius 1 is 1.19 bits per heavy atom. The average Bonchev–Trinajstić information content (AvgIpc) is 2.62. The lowest BCUT2D eigenvalue weighted by Gasteiger charge is -2.18. The summed E-state index contributed by atoms with van der Waals surface area (Å²) in [5.41, 5.74) is -0.229. The molecule has 8 nitrogen and oxygen atoms in total. The van der Waals surface area contributed by atoms with Gasteiger partial charge in [0.25, 0.3) is 0 Å². The highest BCUT2D eigenvalue weighted by atomic mass is 16.5. The second kappa shape index (κ2) is 8.39. The highest BCUT2D eigenvalue weighted by Gasteiger charge is 2.27. The first-order valence-electron chi connectivity index (χ1n) is 7.69. The van der Waals surface area contributed by atoms with Gasteiger partial charge in [0, 0.05) is 13.2 Å². The summed E-state index contributed by atoms with van der Waals surface area (Å²) in [4.78, 5) is 23.9. The predicted molar refractivity (Wildman–Crippen MR) is 90.5 cm³/mol. The van der Waals surface area contributed by atoms with Gasteiger partial charge in [0.2, 0.25) is 11.2 Å². The molecule has 1 aromatic heterocycles. The number of hydrogen-bond donors (Lipinski definition) is 2. The molecule has 0 unspecified atom stereocenters. The number of methoxy groups -OCH3 is 3. The zero-order valence-corrected chi connectivity index (χ0v) is 14.6. The number of ether oxygens (including phenoxy) is 3. The van der Waals surface area contributed by atoms with Gasteiger partial charge in [0.1, 0.15) is 12.4 Å². The van der Waals surface area contributed by atoms with Gasteiger partial charge in [0.05, 0.1) is 26.6 Å². The standard InChI is InChI=1S/C18H20O8/c1-23-9-11-7-14(20)17(22)18(26-11)12(8-16(21)25-3)10-4-5-15(24-2)13(19)6-10/h4-7,12,19,22H,8-9H2,1-3H3/t12-/m1/s1. The molecule has 2 N–H and O–H groups in total. The number of phenols is 1. The highest BCUT2D eigenvalue weighted by Crippen LogP contribution is 2.37.